The van der Waals surface area contributed by atoms with Crippen LogP contribution in [0.25, 0.3) is 10.2 Å². The van der Waals surface area contributed by atoms with E-state index in [1.165, 1.54) is 5.56 Å². The van der Waals surface area contributed by atoms with Gasteiger partial charge in [0.25, 0.3) is 0 Å². The molecule has 0 radical (unpaired) electrons. The summed E-state index contributed by atoms with van der Waals surface area (Å²) in [6.45, 7) is 6.69. The number of aromatic nitrogens is 1. The number of hydrogen-bond acceptors (Lipinski definition) is 6. The second kappa shape index (κ2) is 8.97. The van der Waals surface area contributed by atoms with Crippen LogP contribution in [0.3, 0.4) is 0 Å². The molecule has 5 rings (SSSR count). The number of aryl methyl sites for hydroxylation is 1. The van der Waals surface area contributed by atoms with Crippen LogP contribution in [0, 0.1) is 12.8 Å². The molecule has 1 unspecified atom stereocenters. The molecule has 8 heteroatoms. The molecule has 2 aliphatic rings. The monoisotopic (exact) mass is 450 g/mol. The number of morpholine rings is 1. The van der Waals surface area contributed by atoms with Crippen molar-refractivity contribution in [1.29, 1.82) is 0 Å². The Morgan fingerprint density at radius 1 is 1.19 bits per heavy atom. The summed E-state index contributed by atoms with van der Waals surface area (Å²) >= 11 is 1.63. The quantitative estimate of drug-likeness (QED) is 0.645. The summed E-state index contributed by atoms with van der Waals surface area (Å²) in [5.41, 5.74) is 3.66. The van der Waals surface area contributed by atoms with Crippen LogP contribution in [-0.4, -0.2) is 54.5 Å². The zero-order valence-corrected chi connectivity index (χ0v) is 18.9. The maximum atomic E-state index is 12.8. The smallest absolute Gasteiger partial charge is 0.229 e. The number of benzene rings is 2. The fraction of sp³-hybridized carbons (Fsp3) is 0.375. The van der Waals surface area contributed by atoms with E-state index < -0.39 is 0 Å². The third-order valence-corrected chi connectivity index (χ3v) is 6.97. The van der Waals surface area contributed by atoms with E-state index in [0.717, 1.165) is 59.4 Å². The lowest BCUT2D eigenvalue weighted by molar-refractivity contribution is -0.122. The highest BCUT2D eigenvalue weighted by atomic mass is 32.1. The van der Waals surface area contributed by atoms with Crippen molar-refractivity contribution in [2.24, 2.45) is 5.92 Å². The molecule has 2 aromatic carbocycles. The van der Waals surface area contributed by atoms with Gasteiger partial charge in [0.1, 0.15) is 0 Å². The molecule has 3 aromatic rings. The normalized spacial score (nSPS) is 19.6. The van der Waals surface area contributed by atoms with Crippen LogP contribution in [-0.2, 0) is 20.9 Å². The van der Waals surface area contributed by atoms with Gasteiger partial charge in [0.05, 0.1) is 34.4 Å². The highest BCUT2D eigenvalue weighted by Crippen LogP contribution is 2.30. The Morgan fingerprint density at radius 3 is 2.75 bits per heavy atom. The minimum absolute atomic E-state index is 0.0303. The van der Waals surface area contributed by atoms with Crippen LogP contribution in [0.1, 0.15) is 17.0 Å². The lowest BCUT2D eigenvalue weighted by Crippen LogP contribution is -2.35. The molecular weight excluding hydrogens is 424 g/mol. The first kappa shape index (κ1) is 21.1. The van der Waals surface area contributed by atoms with Crippen LogP contribution in [0.5, 0.6) is 0 Å². The summed E-state index contributed by atoms with van der Waals surface area (Å²) in [4.78, 5) is 34.0. The van der Waals surface area contributed by atoms with Crippen molar-refractivity contribution >= 4 is 44.7 Å². The number of carbonyl (C=O) groups excluding carboxylic acids is 2. The van der Waals surface area contributed by atoms with Gasteiger partial charge in [-0.05, 0) is 42.8 Å². The number of carbonyl (C=O) groups is 2. The molecular formula is C24H26N4O3S. The Morgan fingerprint density at radius 2 is 1.97 bits per heavy atom. The third kappa shape index (κ3) is 4.53. The number of rotatable bonds is 5. The lowest BCUT2D eigenvalue weighted by Gasteiger charge is -2.26. The first-order valence-electron chi connectivity index (χ1n) is 10.9. The van der Waals surface area contributed by atoms with Crippen LogP contribution in [0.15, 0.2) is 42.5 Å². The molecule has 166 valence electrons. The summed E-state index contributed by atoms with van der Waals surface area (Å²) in [7, 11) is 0. The molecule has 2 saturated heterocycles. The summed E-state index contributed by atoms with van der Waals surface area (Å²) in [5.74, 6) is -0.520. The zero-order chi connectivity index (χ0) is 22.1. The average Bonchev–Trinajstić information content (AvgIpc) is 3.37. The molecule has 1 atom stereocenters. The molecule has 2 aliphatic heterocycles. The minimum atomic E-state index is -0.372. The van der Waals surface area contributed by atoms with E-state index in [1.54, 1.807) is 16.2 Å². The minimum Gasteiger partial charge on any atom is -0.379 e. The Balaban J connectivity index is 1.20. The number of thiazole rings is 1. The van der Waals surface area contributed by atoms with Gasteiger partial charge in [-0.2, -0.15) is 0 Å². The number of anilines is 2. The van der Waals surface area contributed by atoms with Gasteiger partial charge < -0.3 is 15.0 Å². The Labute approximate surface area is 191 Å². The van der Waals surface area contributed by atoms with E-state index in [2.05, 4.69) is 15.2 Å². The maximum absolute atomic E-state index is 12.8. The van der Waals surface area contributed by atoms with E-state index in [-0.39, 0.29) is 24.2 Å². The molecule has 0 bridgehead atoms. The van der Waals surface area contributed by atoms with Crippen molar-refractivity contribution in [1.82, 2.24) is 9.88 Å². The van der Waals surface area contributed by atoms with E-state index in [4.69, 9.17) is 4.74 Å². The zero-order valence-electron chi connectivity index (χ0n) is 18.0. The average molecular weight is 451 g/mol. The van der Waals surface area contributed by atoms with Crippen LogP contribution >= 0.6 is 11.3 Å². The molecule has 32 heavy (non-hydrogen) atoms. The molecule has 0 saturated carbocycles. The van der Waals surface area contributed by atoms with Crippen molar-refractivity contribution in [2.75, 3.05) is 43.1 Å². The van der Waals surface area contributed by atoms with Crippen molar-refractivity contribution in [3.63, 3.8) is 0 Å². The summed E-state index contributed by atoms with van der Waals surface area (Å²) in [6.07, 6.45) is 0.217. The maximum Gasteiger partial charge on any atom is 0.229 e. The molecule has 7 nitrogen and oxygen atoms in total. The fourth-order valence-corrected chi connectivity index (χ4v) is 5.09. The van der Waals surface area contributed by atoms with Crippen molar-refractivity contribution in [2.45, 2.75) is 19.9 Å². The van der Waals surface area contributed by atoms with Gasteiger partial charge in [-0.25, -0.2) is 4.98 Å². The highest BCUT2D eigenvalue weighted by Gasteiger charge is 2.35. The number of fused-ring (bicyclic) bond motifs is 1. The Hall–Kier alpha value is -2.81. The third-order valence-electron chi connectivity index (χ3n) is 6.02. The topological polar surface area (TPSA) is 74.8 Å². The SMILES string of the molecule is Cc1nc2cc(N3CC(C(=O)Nc4ccc(CN5CCOCC5)cc4)CC3=O)ccc2s1. The predicted molar refractivity (Wildman–Crippen MR) is 126 cm³/mol. The van der Waals surface area contributed by atoms with E-state index >= 15 is 0 Å². The molecule has 1 N–H and O–H groups in total. The first-order valence-corrected chi connectivity index (χ1v) is 11.7. The van der Waals surface area contributed by atoms with Gasteiger partial charge in [0, 0.05) is 44.0 Å². The van der Waals surface area contributed by atoms with E-state index in [0.29, 0.717) is 6.54 Å². The van der Waals surface area contributed by atoms with E-state index in [9.17, 15) is 9.59 Å². The molecule has 2 amide bonds. The van der Waals surface area contributed by atoms with Crippen molar-refractivity contribution in [3.8, 4) is 0 Å². The molecule has 2 fully saturated rings. The van der Waals surface area contributed by atoms with Gasteiger partial charge >= 0.3 is 0 Å². The largest absolute Gasteiger partial charge is 0.379 e. The summed E-state index contributed by atoms with van der Waals surface area (Å²) in [6, 6.07) is 13.8. The van der Waals surface area contributed by atoms with Gasteiger partial charge in [0.2, 0.25) is 11.8 Å². The molecule has 3 heterocycles. The number of hydrogen-bond donors (Lipinski definition) is 1. The second-order valence-corrected chi connectivity index (χ2v) is 9.60. The number of ether oxygens (including phenoxy) is 1. The van der Waals surface area contributed by atoms with Crippen molar-refractivity contribution < 1.29 is 14.3 Å². The fourth-order valence-electron chi connectivity index (χ4n) is 4.29. The number of nitrogens with zero attached hydrogens (tertiary/aromatic N) is 3. The standard InChI is InChI=1S/C24H26N4O3S/c1-16-25-21-13-20(6-7-22(21)32-16)28-15-18(12-23(28)29)24(30)26-19-4-2-17(3-5-19)14-27-8-10-31-11-9-27/h2-7,13,18H,8-12,14-15H2,1H3,(H,26,30). The Bertz CT molecular complexity index is 1140. The van der Waals surface area contributed by atoms with E-state index in [1.807, 2.05) is 49.4 Å². The molecule has 1 aromatic heterocycles. The Kier molecular flexibility index (Phi) is 5.91. The van der Waals surface area contributed by atoms with Gasteiger partial charge in [0.15, 0.2) is 0 Å². The van der Waals surface area contributed by atoms with Gasteiger partial charge in [-0.15, -0.1) is 11.3 Å². The first-order chi connectivity index (χ1) is 15.5. The lowest BCUT2D eigenvalue weighted by atomic mass is 10.1. The van der Waals surface area contributed by atoms with Crippen LogP contribution < -0.4 is 10.2 Å². The van der Waals surface area contributed by atoms with Gasteiger partial charge in [-0.1, -0.05) is 12.1 Å². The highest BCUT2D eigenvalue weighted by molar-refractivity contribution is 7.18. The predicted octanol–water partition coefficient (Wildman–Crippen LogP) is 3.43. The van der Waals surface area contributed by atoms with Crippen LogP contribution in [0.2, 0.25) is 0 Å². The van der Waals surface area contributed by atoms with Crippen molar-refractivity contribution in [3.05, 3.63) is 53.0 Å². The molecule has 0 aliphatic carbocycles. The number of nitrogens with one attached hydrogen (secondary N) is 1. The second-order valence-electron chi connectivity index (χ2n) is 8.36. The van der Waals surface area contributed by atoms with Crippen LogP contribution in [0.4, 0.5) is 11.4 Å². The summed E-state index contributed by atoms with van der Waals surface area (Å²) in [5, 5.41) is 3.98. The molecule has 0 spiro atoms. The summed E-state index contributed by atoms with van der Waals surface area (Å²) < 4.78 is 6.49. The van der Waals surface area contributed by atoms with Gasteiger partial charge in [-0.3, -0.25) is 14.5 Å². The number of amides is 2.